The van der Waals surface area contributed by atoms with E-state index in [1.54, 1.807) is 71.8 Å². The summed E-state index contributed by atoms with van der Waals surface area (Å²) in [5.41, 5.74) is 1.53. The number of ketones is 2. The van der Waals surface area contributed by atoms with Crippen molar-refractivity contribution in [2.45, 2.75) is 12.1 Å². The number of imide groups is 1. The minimum atomic E-state index is -0.972. The topological polar surface area (TPSA) is 74.8 Å². The molecule has 188 valence electrons. The molecule has 3 aromatic rings. The first kappa shape index (κ1) is 24.2. The van der Waals surface area contributed by atoms with Crippen molar-refractivity contribution in [1.82, 2.24) is 4.90 Å². The number of amides is 2. The molecule has 3 aliphatic heterocycles. The fraction of sp³-hybridized carbons (Fsp3) is 0.133. The van der Waals surface area contributed by atoms with Crippen LogP contribution in [0.15, 0.2) is 107 Å². The molecule has 0 radical (unpaired) electrons. The van der Waals surface area contributed by atoms with E-state index in [0.717, 1.165) is 9.37 Å². The maximum absolute atomic E-state index is 13.8. The number of hydrogen-bond acceptors (Lipinski definition) is 5. The van der Waals surface area contributed by atoms with Crippen LogP contribution in [-0.4, -0.2) is 40.4 Å². The Bertz CT molecular complexity index is 1530. The van der Waals surface area contributed by atoms with Crippen molar-refractivity contribution < 1.29 is 23.6 Å². The van der Waals surface area contributed by atoms with Crippen molar-refractivity contribution in [1.29, 1.82) is 0 Å². The summed E-state index contributed by atoms with van der Waals surface area (Å²) in [6.07, 6.45) is 4.95. The summed E-state index contributed by atoms with van der Waals surface area (Å²) in [6, 6.07) is 19.1. The van der Waals surface area contributed by atoms with Crippen LogP contribution in [0.5, 0.6) is 0 Å². The van der Waals surface area contributed by atoms with Gasteiger partial charge >= 0.3 is 0 Å². The number of carbonyl (C=O) groups is 4. The normalized spacial score (nSPS) is 23.8. The van der Waals surface area contributed by atoms with Gasteiger partial charge in [-0.2, -0.15) is 0 Å². The van der Waals surface area contributed by atoms with Crippen LogP contribution in [0, 0.1) is 17.7 Å². The zero-order valence-electron chi connectivity index (χ0n) is 19.8. The summed E-state index contributed by atoms with van der Waals surface area (Å²) >= 11 is 3.37. The molecule has 6 nitrogen and oxygen atoms in total. The second-order valence-corrected chi connectivity index (χ2v) is 10.3. The zero-order valence-corrected chi connectivity index (χ0v) is 21.4. The molecule has 0 saturated carbocycles. The Balaban J connectivity index is 1.43. The zero-order chi connectivity index (χ0) is 26.6. The number of allylic oxidation sites excluding steroid dienone is 2. The van der Waals surface area contributed by atoms with Gasteiger partial charge in [-0.1, -0.05) is 64.5 Å². The van der Waals surface area contributed by atoms with Crippen molar-refractivity contribution in [3.63, 3.8) is 0 Å². The molecular weight excluding hydrogens is 551 g/mol. The number of carbonyl (C=O) groups excluding carboxylic acids is 4. The molecule has 0 N–H and O–H groups in total. The summed E-state index contributed by atoms with van der Waals surface area (Å²) < 4.78 is 14.4. The number of hydrogen-bond donors (Lipinski definition) is 0. The second-order valence-electron chi connectivity index (χ2n) is 9.43. The number of fused-ring (bicyclic) bond motifs is 3. The largest absolute Gasteiger partial charge is 0.359 e. The number of nitrogens with zero attached hydrogens (tertiary/aromatic N) is 2. The Kier molecular flexibility index (Phi) is 5.91. The van der Waals surface area contributed by atoms with E-state index in [2.05, 4.69) is 15.9 Å². The number of anilines is 1. The predicted octanol–water partition coefficient (Wildman–Crippen LogP) is 4.97. The maximum atomic E-state index is 13.8. The minimum Gasteiger partial charge on any atom is -0.359 e. The number of rotatable bonds is 5. The first-order chi connectivity index (χ1) is 18.3. The van der Waals surface area contributed by atoms with Gasteiger partial charge in [0.05, 0.1) is 23.6 Å². The highest BCUT2D eigenvalue weighted by Gasteiger charge is 2.63. The summed E-state index contributed by atoms with van der Waals surface area (Å²) in [5, 5.41) is 0. The smallest absolute Gasteiger partial charge is 0.240 e. The molecule has 3 aliphatic rings. The molecule has 2 amide bonds. The van der Waals surface area contributed by atoms with Gasteiger partial charge in [0, 0.05) is 27.4 Å². The molecular formula is C30H20BrFN2O4. The Hall–Kier alpha value is -4.17. The Morgan fingerprint density at radius 1 is 0.789 bits per heavy atom. The van der Waals surface area contributed by atoms with E-state index in [1.165, 1.54) is 24.3 Å². The second kappa shape index (κ2) is 9.29. The van der Waals surface area contributed by atoms with Crippen LogP contribution in [-0.2, 0) is 9.59 Å². The van der Waals surface area contributed by atoms with E-state index < -0.39 is 41.6 Å². The van der Waals surface area contributed by atoms with Gasteiger partial charge in [0.15, 0.2) is 11.6 Å². The number of benzene rings is 3. The van der Waals surface area contributed by atoms with Crippen LogP contribution in [0.1, 0.15) is 20.7 Å². The third-order valence-electron chi connectivity index (χ3n) is 7.33. The van der Waals surface area contributed by atoms with Crippen LogP contribution in [0.2, 0.25) is 0 Å². The van der Waals surface area contributed by atoms with E-state index in [-0.39, 0.29) is 17.3 Å². The average molecular weight is 571 g/mol. The summed E-state index contributed by atoms with van der Waals surface area (Å²) in [6.45, 7) is 0. The molecule has 0 aliphatic carbocycles. The van der Waals surface area contributed by atoms with Crippen LogP contribution >= 0.6 is 15.9 Å². The lowest BCUT2D eigenvalue weighted by molar-refractivity contribution is -0.123. The van der Waals surface area contributed by atoms with Gasteiger partial charge in [0.2, 0.25) is 11.8 Å². The van der Waals surface area contributed by atoms with Crippen LogP contribution in [0.4, 0.5) is 10.1 Å². The number of Topliss-reactive ketones (excluding diaryl/α,β-unsaturated/α-hetero) is 2. The Morgan fingerprint density at radius 2 is 1.45 bits per heavy atom. The third kappa shape index (κ3) is 3.83. The minimum absolute atomic E-state index is 0.215. The maximum Gasteiger partial charge on any atom is 0.240 e. The lowest BCUT2D eigenvalue weighted by Crippen LogP contribution is -2.46. The molecule has 3 heterocycles. The molecule has 0 bridgehead atoms. The molecule has 38 heavy (non-hydrogen) atoms. The van der Waals surface area contributed by atoms with Crippen molar-refractivity contribution in [2.24, 2.45) is 11.8 Å². The van der Waals surface area contributed by atoms with Crippen LogP contribution in [0.25, 0.3) is 0 Å². The lowest BCUT2D eigenvalue weighted by atomic mass is 9.85. The SMILES string of the molecule is O=C(C1=C[C@@H]2[C@@H]3C(=O)N(c4ccc(F)cc4)C(=O)[C@@H]3[C@H](C(=O)c3ccc(Br)cc3)N2C=C1)c1ccccc1. The molecule has 8 heteroatoms. The first-order valence-corrected chi connectivity index (χ1v) is 12.8. The van der Waals surface area contributed by atoms with E-state index in [0.29, 0.717) is 16.7 Å². The molecule has 2 saturated heterocycles. The molecule has 2 fully saturated rings. The Labute approximate surface area is 226 Å². The molecule has 0 spiro atoms. The standard InChI is InChI=1S/C30H20BrFN2O4/c31-20-8-6-18(7-9-20)28(36)26-25-24(29(37)34(30(25)38)22-12-10-21(32)11-13-22)23-16-19(14-15-33(23)26)27(35)17-4-2-1-3-5-17/h1-16,23-26H/t23-,24+,25+,26-/m1/s1. The summed E-state index contributed by atoms with van der Waals surface area (Å²) in [4.78, 5) is 57.3. The van der Waals surface area contributed by atoms with E-state index in [4.69, 9.17) is 0 Å². The fourth-order valence-corrected chi connectivity index (χ4v) is 5.85. The molecule has 6 rings (SSSR count). The molecule has 0 unspecified atom stereocenters. The molecule has 4 atom stereocenters. The quantitative estimate of drug-likeness (QED) is 0.320. The summed E-state index contributed by atoms with van der Waals surface area (Å²) in [7, 11) is 0. The van der Waals surface area contributed by atoms with Crippen LogP contribution in [0.3, 0.4) is 0 Å². The highest BCUT2D eigenvalue weighted by molar-refractivity contribution is 9.10. The first-order valence-electron chi connectivity index (χ1n) is 12.1. The Morgan fingerprint density at radius 3 is 2.13 bits per heavy atom. The van der Waals surface area contributed by atoms with Crippen molar-refractivity contribution in [3.05, 3.63) is 124 Å². The van der Waals surface area contributed by atoms with E-state index in [1.807, 2.05) is 6.07 Å². The fourth-order valence-electron chi connectivity index (χ4n) is 5.58. The van der Waals surface area contributed by atoms with Crippen molar-refractivity contribution >= 4 is 45.0 Å². The highest BCUT2D eigenvalue weighted by atomic mass is 79.9. The third-order valence-corrected chi connectivity index (χ3v) is 7.86. The summed E-state index contributed by atoms with van der Waals surface area (Å²) in [5.74, 6) is -3.87. The van der Waals surface area contributed by atoms with Crippen molar-refractivity contribution in [3.8, 4) is 0 Å². The molecule has 0 aromatic heterocycles. The van der Waals surface area contributed by atoms with Gasteiger partial charge < -0.3 is 4.90 Å². The highest BCUT2D eigenvalue weighted by Crippen LogP contribution is 2.47. The van der Waals surface area contributed by atoms with Gasteiger partial charge in [0.1, 0.15) is 11.9 Å². The molecule has 3 aromatic carbocycles. The average Bonchev–Trinajstić information content (AvgIpc) is 3.41. The predicted molar refractivity (Wildman–Crippen MR) is 142 cm³/mol. The van der Waals surface area contributed by atoms with Gasteiger partial charge in [0.25, 0.3) is 0 Å². The van der Waals surface area contributed by atoms with Gasteiger partial charge in [-0.3, -0.25) is 19.2 Å². The van der Waals surface area contributed by atoms with Gasteiger partial charge in [-0.25, -0.2) is 9.29 Å². The van der Waals surface area contributed by atoms with Crippen molar-refractivity contribution in [2.75, 3.05) is 4.90 Å². The monoisotopic (exact) mass is 570 g/mol. The number of halogens is 2. The van der Waals surface area contributed by atoms with E-state index in [9.17, 15) is 23.6 Å². The van der Waals surface area contributed by atoms with Gasteiger partial charge in [-0.15, -0.1) is 0 Å². The van der Waals surface area contributed by atoms with E-state index >= 15 is 0 Å². The van der Waals surface area contributed by atoms with Gasteiger partial charge in [-0.05, 0) is 42.5 Å². The lowest BCUT2D eigenvalue weighted by Gasteiger charge is -2.32. The van der Waals surface area contributed by atoms with Crippen LogP contribution < -0.4 is 4.90 Å².